The summed E-state index contributed by atoms with van der Waals surface area (Å²) in [5, 5.41) is 0. The van der Waals surface area contributed by atoms with E-state index in [4.69, 9.17) is 0 Å². The van der Waals surface area contributed by atoms with Crippen molar-refractivity contribution in [2.24, 2.45) is 0 Å². The van der Waals surface area contributed by atoms with E-state index in [1.165, 1.54) is 0 Å². The van der Waals surface area contributed by atoms with Gasteiger partial charge in [-0.2, -0.15) is 0 Å². The molecule has 0 aliphatic heterocycles. The molecule has 0 radical (unpaired) electrons. The van der Waals surface area contributed by atoms with Crippen molar-refractivity contribution in [3.05, 3.63) is 12.2 Å². The molecule has 0 spiro atoms. The van der Waals surface area contributed by atoms with Gasteiger partial charge in [0.15, 0.2) is 0 Å². The van der Waals surface area contributed by atoms with Crippen molar-refractivity contribution in [1.29, 1.82) is 0 Å². The number of allylic oxidation sites excluding steroid dienone is 1. The topological polar surface area (TPSA) is 20.3 Å². The number of carbonyl (C=O) groups excluding carboxylic acids is 1. The van der Waals surface area contributed by atoms with Crippen molar-refractivity contribution in [3.8, 4) is 0 Å². The maximum Gasteiger partial charge on any atom is 0.209 e. The van der Waals surface area contributed by atoms with Gasteiger partial charge in [-0.15, -0.1) is 0 Å². The van der Waals surface area contributed by atoms with Crippen molar-refractivity contribution in [2.45, 2.75) is 13.3 Å². The Morgan fingerprint density at radius 3 is 2.67 bits per heavy atom. The molecule has 0 aliphatic rings. The standard InChI is InChI=1S/C7H13NO/c1-3-4-5-6-8(2)7-9/h3-4,7H,5-6H2,1-2H3/b4-3+. The first-order valence-electron chi connectivity index (χ1n) is 3.08. The van der Waals surface area contributed by atoms with Gasteiger partial charge in [0.1, 0.15) is 0 Å². The first-order chi connectivity index (χ1) is 4.31. The highest BCUT2D eigenvalue weighted by molar-refractivity contribution is 5.46. The smallest absolute Gasteiger partial charge is 0.209 e. The molecule has 9 heavy (non-hydrogen) atoms. The van der Waals surface area contributed by atoms with Crippen molar-refractivity contribution in [3.63, 3.8) is 0 Å². The fourth-order valence-corrected chi connectivity index (χ4v) is 0.498. The van der Waals surface area contributed by atoms with Crippen LogP contribution in [-0.2, 0) is 4.79 Å². The third-order valence-electron chi connectivity index (χ3n) is 1.06. The van der Waals surface area contributed by atoms with Gasteiger partial charge in [-0.25, -0.2) is 0 Å². The number of hydrogen-bond donors (Lipinski definition) is 0. The van der Waals surface area contributed by atoms with Crippen molar-refractivity contribution in [2.75, 3.05) is 13.6 Å². The molecule has 0 aromatic rings. The zero-order valence-electron chi connectivity index (χ0n) is 6.00. The molecule has 52 valence electrons. The van der Waals surface area contributed by atoms with Gasteiger partial charge < -0.3 is 4.90 Å². The van der Waals surface area contributed by atoms with E-state index in [2.05, 4.69) is 0 Å². The van der Waals surface area contributed by atoms with Gasteiger partial charge in [-0.3, -0.25) is 4.79 Å². The third kappa shape index (κ3) is 5.07. The largest absolute Gasteiger partial charge is 0.348 e. The van der Waals surface area contributed by atoms with Gasteiger partial charge in [0, 0.05) is 13.6 Å². The average molecular weight is 127 g/mol. The Morgan fingerprint density at radius 1 is 1.56 bits per heavy atom. The van der Waals surface area contributed by atoms with Crippen molar-refractivity contribution < 1.29 is 4.79 Å². The lowest BCUT2D eigenvalue weighted by Crippen LogP contribution is -2.16. The molecule has 0 fully saturated rings. The summed E-state index contributed by atoms with van der Waals surface area (Å²) in [5.74, 6) is 0. The molecule has 0 aromatic carbocycles. The molecule has 2 nitrogen and oxygen atoms in total. The Bertz CT molecular complexity index is 99.1. The van der Waals surface area contributed by atoms with Crippen LogP contribution in [0.4, 0.5) is 0 Å². The second kappa shape index (κ2) is 5.35. The van der Waals surface area contributed by atoms with Crippen LogP contribution >= 0.6 is 0 Å². The summed E-state index contributed by atoms with van der Waals surface area (Å²) in [6.45, 7) is 2.79. The van der Waals surface area contributed by atoms with Crippen LogP contribution in [0.25, 0.3) is 0 Å². The Hall–Kier alpha value is -0.790. The SMILES string of the molecule is C/C=C/CCN(C)C=O. The van der Waals surface area contributed by atoms with Gasteiger partial charge in [-0.1, -0.05) is 12.2 Å². The highest BCUT2D eigenvalue weighted by atomic mass is 16.1. The monoisotopic (exact) mass is 127 g/mol. The molecule has 0 saturated heterocycles. The van der Waals surface area contributed by atoms with E-state index >= 15 is 0 Å². The molecular formula is C7H13NO. The quantitative estimate of drug-likeness (QED) is 0.408. The number of rotatable bonds is 4. The zero-order valence-corrected chi connectivity index (χ0v) is 6.00. The van der Waals surface area contributed by atoms with Gasteiger partial charge in [0.25, 0.3) is 0 Å². The number of hydrogen-bond acceptors (Lipinski definition) is 1. The second-order valence-corrected chi connectivity index (χ2v) is 1.94. The van der Waals surface area contributed by atoms with Gasteiger partial charge in [0.05, 0.1) is 0 Å². The minimum absolute atomic E-state index is 0.813. The van der Waals surface area contributed by atoms with Crippen molar-refractivity contribution in [1.82, 2.24) is 4.90 Å². The number of carbonyl (C=O) groups is 1. The molecule has 0 atom stereocenters. The predicted molar refractivity (Wildman–Crippen MR) is 38.1 cm³/mol. The molecule has 0 aromatic heterocycles. The molecule has 0 N–H and O–H groups in total. The Balaban J connectivity index is 3.16. The Kier molecular flexibility index (Phi) is 4.88. The Labute approximate surface area is 56.2 Å². The van der Waals surface area contributed by atoms with Gasteiger partial charge in [-0.05, 0) is 13.3 Å². The first kappa shape index (κ1) is 8.21. The summed E-state index contributed by atoms with van der Waals surface area (Å²) >= 11 is 0. The van der Waals surface area contributed by atoms with E-state index in [0.717, 1.165) is 19.4 Å². The number of nitrogens with zero attached hydrogens (tertiary/aromatic N) is 1. The van der Waals surface area contributed by atoms with Crippen LogP contribution in [0.2, 0.25) is 0 Å². The van der Waals surface area contributed by atoms with Crippen LogP contribution in [0, 0.1) is 0 Å². The molecule has 0 unspecified atom stereocenters. The molecule has 2 heteroatoms. The van der Waals surface area contributed by atoms with Crippen LogP contribution in [0.5, 0.6) is 0 Å². The molecule has 0 aliphatic carbocycles. The van der Waals surface area contributed by atoms with E-state index in [0.29, 0.717) is 0 Å². The van der Waals surface area contributed by atoms with Gasteiger partial charge in [0.2, 0.25) is 6.41 Å². The fraction of sp³-hybridized carbons (Fsp3) is 0.571. The van der Waals surface area contributed by atoms with Crippen LogP contribution in [0.15, 0.2) is 12.2 Å². The highest BCUT2D eigenvalue weighted by Gasteiger charge is 1.86. The molecule has 0 heterocycles. The van der Waals surface area contributed by atoms with Crippen LogP contribution in [-0.4, -0.2) is 24.9 Å². The summed E-state index contributed by atoms with van der Waals surface area (Å²) in [4.78, 5) is 11.6. The van der Waals surface area contributed by atoms with Crippen LogP contribution in [0.1, 0.15) is 13.3 Å². The van der Waals surface area contributed by atoms with Gasteiger partial charge >= 0.3 is 0 Å². The summed E-state index contributed by atoms with van der Waals surface area (Å²) < 4.78 is 0. The molecule has 0 rings (SSSR count). The van der Waals surface area contributed by atoms with Crippen LogP contribution in [0.3, 0.4) is 0 Å². The fourth-order valence-electron chi connectivity index (χ4n) is 0.498. The maximum atomic E-state index is 10.0. The molecular weight excluding hydrogens is 114 g/mol. The highest BCUT2D eigenvalue weighted by Crippen LogP contribution is 1.84. The van der Waals surface area contributed by atoms with E-state index in [1.54, 1.807) is 11.9 Å². The predicted octanol–water partition coefficient (Wildman–Crippen LogP) is 1.04. The van der Waals surface area contributed by atoms with E-state index in [9.17, 15) is 4.79 Å². The van der Waals surface area contributed by atoms with E-state index in [-0.39, 0.29) is 0 Å². The summed E-state index contributed by atoms with van der Waals surface area (Å²) in [6, 6.07) is 0. The molecule has 1 amide bonds. The lowest BCUT2D eigenvalue weighted by Gasteiger charge is -2.06. The lowest BCUT2D eigenvalue weighted by atomic mass is 10.4. The normalized spacial score (nSPS) is 10.0. The second-order valence-electron chi connectivity index (χ2n) is 1.94. The molecule has 0 bridgehead atoms. The Morgan fingerprint density at radius 2 is 2.22 bits per heavy atom. The van der Waals surface area contributed by atoms with E-state index < -0.39 is 0 Å². The minimum atomic E-state index is 0.813. The summed E-state index contributed by atoms with van der Waals surface area (Å²) in [7, 11) is 1.77. The van der Waals surface area contributed by atoms with E-state index in [1.807, 2.05) is 19.1 Å². The summed E-state index contributed by atoms with van der Waals surface area (Å²) in [5.41, 5.74) is 0. The average Bonchev–Trinajstić information content (AvgIpc) is 1.89. The molecule has 0 saturated carbocycles. The third-order valence-corrected chi connectivity index (χ3v) is 1.06. The lowest BCUT2D eigenvalue weighted by molar-refractivity contribution is -0.116. The first-order valence-corrected chi connectivity index (χ1v) is 3.08. The maximum absolute atomic E-state index is 10.0. The minimum Gasteiger partial charge on any atom is -0.348 e. The summed E-state index contributed by atoms with van der Waals surface area (Å²) in [6.07, 6.45) is 5.81. The number of amides is 1. The van der Waals surface area contributed by atoms with Crippen molar-refractivity contribution >= 4 is 6.41 Å². The van der Waals surface area contributed by atoms with Crippen LogP contribution < -0.4 is 0 Å². The zero-order chi connectivity index (χ0) is 7.11.